The summed E-state index contributed by atoms with van der Waals surface area (Å²) in [5, 5.41) is 2.57. The molecule has 4 rings (SSSR count). The molecule has 0 aliphatic carbocycles. The van der Waals surface area contributed by atoms with E-state index < -0.39 is 11.6 Å². The van der Waals surface area contributed by atoms with Crippen LogP contribution in [0.4, 0.5) is 8.78 Å². The van der Waals surface area contributed by atoms with Gasteiger partial charge in [-0.2, -0.15) is 0 Å². The first-order chi connectivity index (χ1) is 13.9. The maximum atomic E-state index is 13.5. The summed E-state index contributed by atoms with van der Waals surface area (Å²) in [6.07, 6.45) is 0.279. The number of carbonyl (C=O) groups excluding carboxylic acids is 1. The molecule has 0 radical (unpaired) electrons. The van der Waals surface area contributed by atoms with Crippen LogP contribution >= 0.6 is 11.6 Å². The van der Waals surface area contributed by atoms with Gasteiger partial charge >= 0.3 is 0 Å². The van der Waals surface area contributed by atoms with Gasteiger partial charge in [-0.05, 0) is 41.8 Å². The predicted molar refractivity (Wildman–Crippen MR) is 108 cm³/mol. The molecule has 2 aliphatic rings. The van der Waals surface area contributed by atoms with Crippen molar-refractivity contribution in [2.45, 2.75) is 19.0 Å². The summed E-state index contributed by atoms with van der Waals surface area (Å²) < 4.78 is 27.1. The Morgan fingerprint density at radius 3 is 2.55 bits per heavy atom. The Morgan fingerprint density at radius 1 is 1.21 bits per heavy atom. The van der Waals surface area contributed by atoms with Gasteiger partial charge in [0.15, 0.2) is 0 Å². The minimum atomic E-state index is -0.643. The highest BCUT2D eigenvalue weighted by Gasteiger charge is 2.33. The number of benzene rings is 2. The Bertz CT molecular complexity index is 990. The van der Waals surface area contributed by atoms with Crippen LogP contribution in [0.2, 0.25) is 0 Å². The van der Waals surface area contributed by atoms with E-state index >= 15 is 0 Å². The van der Waals surface area contributed by atoms with Crippen LogP contribution in [-0.2, 0) is 13.0 Å². The number of hydrazine groups is 1. The first kappa shape index (κ1) is 19.8. The van der Waals surface area contributed by atoms with Crippen molar-refractivity contribution in [2.24, 2.45) is 5.73 Å². The van der Waals surface area contributed by atoms with Gasteiger partial charge in [-0.25, -0.2) is 14.2 Å². The van der Waals surface area contributed by atoms with Crippen molar-refractivity contribution >= 4 is 23.2 Å². The Morgan fingerprint density at radius 2 is 1.93 bits per heavy atom. The number of nitrogens with one attached hydrogen (secondary N) is 1. The molecule has 0 fully saturated rings. The minimum Gasteiger partial charge on any atom is -0.330 e. The van der Waals surface area contributed by atoms with Gasteiger partial charge in [0.2, 0.25) is 0 Å². The number of hydrogen-bond acceptors (Lipinski definition) is 4. The van der Waals surface area contributed by atoms with Crippen LogP contribution in [0.15, 0.2) is 41.4 Å². The zero-order chi connectivity index (χ0) is 20.7. The summed E-state index contributed by atoms with van der Waals surface area (Å²) in [6, 6.07) is 8.65. The fourth-order valence-corrected chi connectivity index (χ4v) is 4.29. The van der Waals surface area contributed by atoms with Crippen LogP contribution in [0.5, 0.6) is 0 Å². The molecule has 0 bridgehead atoms. The van der Waals surface area contributed by atoms with Crippen LogP contribution in [0.1, 0.15) is 27.0 Å². The van der Waals surface area contributed by atoms with Crippen molar-refractivity contribution in [1.82, 2.24) is 15.3 Å². The lowest BCUT2D eigenvalue weighted by Crippen LogP contribution is -2.42. The van der Waals surface area contributed by atoms with Gasteiger partial charge in [0.1, 0.15) is 11.6 Å². The van der Waals surface area contributed by atoms with E-state index in [0.29, 0.717) is 29.2 Å². The molecule has 8 heteroatoms. The molecular weight excluding hydrogens is 398 g/mol. The number of halogens is 3. The molecular formula is C21H21ClF2N4O. The second kappa shape index (κ2) is 7.74. The van der Waals surface area contributed by atoms with Gasteiger partial charge in [-0.15, -0.1) is 0 Å². The van der Waals surface area contributed by atoms with Crippen LogP contribution < -0.4 is 11.2 Å². The number of rotatable bonds is 5. The Hall–Kier alpha value is -2.48. The molecule has 3 N–H and O–H groups in total. The molecule has 29 heavy (non-hydrogen) atoms. The van der Waals surface area contributed by atoms with E-state index in [0.717, 1.165) is 22.9 Å². The van der Waals surface area contributed by atoms with E-state index in [4.69, 9.17) is 17.3 Å². The third-order valence-corrected chi connectivity index (χ3v) is 5.69. The van der Waals surface area contributed by atoms with Crippen molar-refractivity contribution in [1.29, 1.82) is 0 Å². The summed E-state index contributed by atoms with van der Waals surface area (Å²) >= 11 is 6.32. The van der Waals surface area contributed by atoms with Gasteiger partial charge in [0, 0.05) is 43.4 Å². The summed E-state index contributed by atoms with van der Waals surface area (Å²) in [5.74, 6) is -1.41. The summed E-state index contributed by atoms with van der Waals surface area (Å²) in [7, 11) is 1.89. The van der Waals surface area contributed by atoms with Crippen LogP contribution in [-0.4, -0.2) is 42.0 Å². The molecule has 2 heterocycles. The fraction of sp³-hybridized carbons (Fsp3) is 0.286. The lowest BCUT2D eigenvalue weighted by atomic mass is 10.0. The molecule has 2 aromatic carbocycles. The molecule has 0 saturated carbocycles. The Labute approximate surface area is 172 Å². The number of hydrogen-bond donors (Lipinski definition) is 2. The maximum absolute atomic E-state index is 13.5. The minimum absolute atomic E-state index is 0.128. The lowest BCUT2D eigenvalue weighted by molar-refractivity contribution is 0.0708. The molecule has 152 valence electrons. The SMILES string of the molecule is CN1NCC(Cl)=C1c1ccc2c(c1)CN([C@H](CN)Cc1cc(F)cc(F)c1)C2=O. The van der Waals surface area contributed by atoms with Crippen molar-refractivity contribution in [3.63, 3.8) is 0 Å². The van der Waals surface area contributed by atoms with Crippen LogP contribution in [0.25, 0.3) is 5.70 Å². The Balaban J connectivity index is 1.59. The molecule has 0 spiro atoms. The molecule has 2 aromatic rings. The summed E-state index contributed by atoms with van der Waals surface area (Å²) in [4.78, 5) is 14.6. The molecule has 5 nitrogen and oxygen atoms in total. The second-order valence-electron chi connectivity index (χ2n) is 7.32. The van der Waals surface area contributed by atoms with Crippen molar-refractivity contribution in [3.05, 3.63) is 75.3 Å². The largest absolute Gasteiger partial charge is 0.330 e. The quantitative estimate of drug-likeness (QED) is 0.783. The van der Waals surface area contributed by atoms with Gasteiger partial charge in [0.25, 0.3) is 5.91 Å². The first-order valence-corrected chi connectivity index (χ1v) is 9.70. The smallest absolute Gasteiger partial charge is 0.254 e. The third kappa shape index (κ3) is 3.73. The monoisotopic (exact) mass is 418 g/mol. The van der Waals surface area contributed by atoms with E-state index in [9.17, 15) is 13.6 Å². The maximum Gasteiger partial charge on any atom is 0.254 e. The number of fused-ring (bicyclic) bond motifs is 1. The number of nitrogens with zero attached hydrogens (tertiary/aromatic N) is 2. The highest BCUT2D eigenvalue weighted by atomic mass is 35.5. The topological polar surface area (TPSA) is 61.6 Å². The predicted octanol–water partition coefficient (Wildman–Crippen LogP) is 2.85. The van der Waals surface area contributed by atoms with Gasteiger partial charge in [0.05, 0.1) is 17.3 Å². The molecule has 2 aliphatic heterocycles. The van der Waals surface area contributed by atoms with Gasteiger partial charge in [-0.3, -0.25) is 4.79 Å². The zero-order valence-corrected chi connectivity index (χ0v) is 16.6. The normalized spacial score (nSPS) is 17.3. The van der Waals surface area contributed by atoms with E-state index in [-0.39, 0.29) is 24.9 Å². The lowest BCUT2D eigenvalue weighted by Gasteiger charge is -2.26. The molecule has 0 saturated heterocycles. The molecule has 0 aromatic heterocycles. The van der Waals surface area contributed by atoms with E-state index in [2.05, 4.69) is 5.43 Å². The third-order valence-electron chi connectivity index (χ3n) is 5.38. The van der Waals surface area contributed by atoms with Gasteiger partial charge < -0.3 is 15.6 Å². The van der Waals surface area contributed by atoms with E-state index in [1.807, 2.05) is 24.2 Å². The second-order valence-corrected chi connectivity index (χ2v) is 7.78. The van der Waals surface area contributed by atoms with Crippen LogP contribution in [0.3, 0.4) is 0 Å². The van der Waals surface area contributed by atoms with E-state index in [1.165, 1.54) is 12.1 Å². The Kier molecular flexibility index (Phi) is 5.29. The fourth-order valence-electron chi connectivity index (χ4n) is 3.99. The average molecular weight is 419 g/mol. The zero-order valence-electron chi connectivity index (χ0n) is 15.9. The highest BCUT2D eigenvalue weighted by Crippen LogP contribution is 2.32. The number of amides is 1. The van der Waals surface area contributed by atoms with Crippen molar-refractivity contribution < 1.29 is 13.6 Å². The standard InChI is InChI=1S/C21H21ClF2N4O/c1-27-20(19(22)10-26-27)13-2-3-18-14(7-13)11-28(21(18)29)17(9-25)6-12-4-15(23)8-16(24)5-12/h2-5,7-8,17,26H,6,9-11,25H2,1H3/t17-/m0/s1. The van der Waals surface area contributed by atoms with Crippen molar-refractivity contribution in [2.75, 3.05) is 20.1 Å². The van der Waals surface area contributed by atoms with Crippen LogP contribution in [0, 0.1) is 11.6 Å². The summed E-state index contributed by atoms with van der Waals surface area (Å²) in [6.45, 7) is 1.15. The van der Waals surface area contributed by atoms with E-state index in [1.54, 1.807) is 11.0 Å². The molecule has 0 unspecified atom stereocenters. The molecule has 1 atom stereocenters. The summed E-state index contributed by atoms with van der Waals surface area (Å²) in [5.41, 5.74) is 12.8. The first-order valence-electron chi connectivity index (χ1n) is 9.32. The number of nitrogens with two attached hydrogens (primary N) is 1. The molecule has 1 amide bonds. The average Bonchev–Trinajstić information content (AvgIpc) is 3.17. The number of carbonyl (C=O) groups is 1. The van der Waals surface area contributed by atoms with Gasteiger partial charge in [-0.1, -0.05) is 17.7 Å². The van der Waals surface area contributed by atoms with Crippen molar-refractivity contribution in [3.8, 4) is 0 Å². The highest BCUT2D eigenvalue weighted by molar-refractivity contribution is 6.33.